The highest BCUT2D eigenvalue weighted by atomic mass is 79.9. The summed E-state index contributed by atoms with van der Waals surface area (Å²) in [6, 6.07) is 18.3. The van der Waals surface area contributed by atoms with E-state index in [-0.39, 0.29) is 30.9 Å². The summed E-state index contributed by atoms with van der Waals surface area (Å²) < 4.78 is 12.2. The Morgan fingerprint density at radius 2 is 1.77 bits per heavy atom. The summed E-state index contributed by atoms with van der Waals surface area (Å²) in [4.78, 5) is 26.7. The Balaban J connectivity index is 1.36. The molecule has 0 aliphatic carbocycles. The zero-order valence-corrected chi connectivity index (χ0v) is 22.5. The van der Waals surface area contributed by atoms with E-state index in [1.54, 1.807) is 24.3 Å². The van der Waals surface area contributed by atoms with E-state index >= 15 is 0 Å². The highest BCUT2D eigenvalue weighted by molar-refractivity contribution is 9.10. The molecule has 2 amide bonds. The molecular weight excluding hydrogens is 573 g/mol. The molecule has 0 spiro atoms. The minimum Gasteiger partial charge on any atom is -0.492 e. The van der Waals surface area contributed by atoms with Gasteiger partial charge in [0.2, 0.25) is 0 Å². The Morgan fingerprint density at radius 3 is 2.49 bits per heavy atom. The normalized spacial score (nSPS) is 14.6. The number of rotatable bonds is 8. The third-order valence-electron chi connectivity index (χ3n) is 5.13. The minimum atomic E-state index is -0.332. The van der Waals surface area contributed by atoms with Gasteiger partial charge in [-0.15, -0.1) is 0 Å². The fourth-order valence-corrected chi connectivity index (χ4v) is 5.09. The molecule has 0 radical (unpaired) electrons. The Morgan fingerprint density at radius 1 is 1.00 bits per heavy atom. The Labute approximate surface area is 226 Å². The summed E-state index contributed by atoms with van der Waals surface area (Å²) >= 11 is 16.6. The van der Waals surface area contributed by atoms with Crippen LogP contribution in [-0.4, -0.2) is 29.2 Å². The first-order valence-electron chi connectivity index (χ1n) is 10.6. The number of imide groups is 1. The number of hydrogen-bond donors (Lipinski definition) is 0. The van der Waals surface area contributed by atoms with Gasteiger partial charge in [0.25, 0.3) is 11.1 Å². The van der Waals surface area contributed by atoms with Crippen LogP contribution in [0.3, 0.4) is 0 Å². The average Bonchev–Trinajstić information content (AvgIpc) is 3.08. The van der Waals surface area contributed by atoms with Gasteiger partial charge >= 0.3 is 0 Å². The number of aryl methyl sites for hydroxylation is 1. The van der Waals surface area contributed by atoms with Crippen LogP contribution >= 0.6 is 50.9 Å². The first kappa shape index (κ1) is 25.6. The topological polar surface area (TPSA) is 55.8 Å². The fraction of sp³-hybridized carbons (Fsp3) is 0.154. The zero-order chi connectivity index (χ0) is 24.9. The predicted octanol–water partition coefficient (Wildman–Crippen LogP) is 7.76. The molecule has 1 saturated heterocycles. The second kappa shape index (κ2) is 11.5. The Bertz CT molecular complexity index is 1300. The number of amides is 2. The Hall–Kier alpha value is -2.45. The fourth-order valence-electron chi connectivity index (χ4n) is 3.25. The second-order valence-electron chi connectivity index (χ2n) is 7.71. The van der Waals surface area contributed by atoms with Crippen molar-refractivity contribution in [1.29, 1.82) is 0 Å². The van der Waals surface area contributed by atoms with Crippen LogP contribution in [0.5, 0.6) is 11.5 Å². The van der Waals surface area contributed by atoms with Crippen molar-refractivity contribution in [2.75, 3.05) is 13.2 Å². The smallest absolute Gasteiger partial charge is 0.293 e. The maximum Gasteiger partial charge on any atom is 0.293 e. The standard InChI is InChI=1S/C26H20BrCl2NO4S/c1-16-2-7-20(8-3-16)33-11-10-30-25(31)24(35-26(30)32)13-17-4-9-23(21(27)12-17)34-15-18-5-6-19(28)14-22(18)29/h2-9,12-14H,10-11,15H2,1H3/b24-13-. The second-order valence-corrected chi connectivity index (χ2v) is 10.4. The molecule has 180 valence electrons. The lowest BCUT2D eigenvalue weighted by Gasteiger charge is -2.13. The van der Waals surface area contributed by atoms with Gasteiger partial charge in [0.1, 0.15) is 24.7 Å². The lowest BCUT2D eigenvalue weighted by Crippen LogP contribution is -2.32. The van der Waals surface area contributed by atoms with Crippen molar-refractivity contribution in [3.8, 4) is 11.5 Å². The molecular formula is C26H20BrCl2NO4S. The number of carbonyl (C=O) groups excluding carboxylic acids is 2. The SMILES string of the molecule is Cc1ccc(OCCN2C(=O)S/C(=C\c3ccc(OCc4ccc(Cl)cc4Cl)c(Br)c3)C2=O)cc1. The highest BCUT2D eigenvalue weighted by Gasteiger charge is 2.34. The molecule has 5 nitrogen and oxygen atoms in total. The largest absolute Gasteiger partial charge is 0.492 e. The van der Waals surface area contributed by atoms with Crippen LogP contribution in [0.1, 0.15) is 16.7 Å². The molecule has 1 aliphatic heterocycles. The van der Waals surface area contributed by atoms with Gasteiger partial charge in [0.15, 0.2) is 0 Å². The molecule has 0 bridgehead atoms. The summed E-state index contributed by atoms with van der Waals surface area (Å²) in [6.45, 7) is 2.67. The van der Waals surface area contributed by atoms with E-state index in [4.69, 9.17) is 32.7 Å². The van der Waals surface area contributed by atoms with E-state index in [2.05, 4.69) is 15.9 Å². The monoisotopic (exact) mass is 591 g/mol. The zero-order valence-electron chi connectivity index (χ0n) is 18.6. The third kappa shape index (κ3) is 6.61. The molecule has 9 heteroatoms. The predicted molar refractivity (Wildman–Crippen MR) is 144 cm³/mol. The lowest BCUT2D eigenvalue weighted by molar-refractivity contribution is -0.123. The van der Waals surface area contributed by atoms with Gasteiger partial charge in [-0.2, -0.15) is 0 Å². The van der Waals surface area contributed by atoms with E-state index in [0.29, 0.717) is 30.9 Å². The third-order valence-corrected chi connectivity index (χ3v) is 7.24. The molecule has 0 saturated carbocycles. The van der Waals surface area contributed by atoms with Crippen molar-refractivity contribution in [3.05, 3.63) is 96.8 Å². The molecule has 1 heterocycles. The van der Waals surface area contributed by atoms with E-state index in [9.17, 15) is 9.59 Å². The molecule has 0 N–H and O–H groups in total. The van der Waals surface area contributed by atoms with E-state index in [0.717, 1.165) is 28.5 Å². The number of carbonyl (C=O) groups is 2. The van der Waals surface area contributed by atoms with Crippen LogP contribution in [0.2, 0.25) is 10.0 Å². The molecule has 35 heavy (non-hydrogen) atoms. The van der Waals surface area contributed by atoms with Crippen LogP contribution in [0.25, 0.3) is 6.08 Å². The van der Waals surface area contributed by atoms with Crippen LogP contribution in [0, 0.1) is 6.92 Å². The number of halogens is 3. The van der Waals surface area contributed by atoms with Gasteiger partial charge in [-0.05, 0) is 82.7 Å². The Kier molecular flexibility index (Phi) is 8.44. The maximum absolute atomic E-state index is 12.8. The number of thioether (sulfide) groups is 1. The summed E-state index contributed by atoms with van der Waals surface area (Å²) in [5.41, 5.74) is 2.70. The summed E-state index contributed by atoms with van der Waals surface area (Å²) in [7, 11) is 0. The molecule has 0 unspecified atom stereocenters. The van der Waals surface area contributed by atoms with E-state index in [1.165, 1.54) is 4.90 Å². The van der Waals surface area contributed by atoms with Gasteiger partial charge < -0.3 is 9.47 Å². The first-order chi connectivity index (χ1) is 16.8. The number of ether oxygens (including phenoxy) is 2. The number of benzene rings is 3. The van der Waals surface area contributed by atoms with Gasteiger partial charge in [-0.25, -0.2) is 0 Å². The summed E-state index contributed by atoms with van der Waals surface area (Å²) in [5, 5.41) is 0.783. The van der Waals surface area contributed by atoms with Crippen molar-refractivity contribution in [2.24, 2.45) is 0 Å². The molecule has 3 aromatic carbocycles. The van der Waals surface area contributed by atoms with Crippen LogP contribution in [-0.2, 0) is 11.4 Å². The maximum atomic E-state index is 12.8. The first-order valence-corrected chi connectivity index (χ1v) is 13.0. The van der Waals surface area contributed by atoms with Crippen LogP contribution in [0.15, 0.2) is 70.0 Å². The molecule has 3 aromatic rings. The molecule has 0 atom stereocenters. The van der Waals surface area contributed by atoms with Crippen molar-refractivity contribution in [1.82, 2.24) is 4.90 Å². The van der Waals surface area contributed by atoms with Crippen molar-refractivity contribution in [3.63, 3.8) is 0 Å². The van der Waals surface area contributed by atoms with Gasteiger partial charge in [0.05, 0.1) is 15.9 Å². The van der Waals surface area contributed by atoms with Crippen molar-refractivity contribution in [2.45, 2.75) is 13.5 Å². The van der Waals surface area contributed by atoms with Crippen molar-refractivity contribution >= 4 is 68.1 Å². The number of nitrogens with zero attached hydrogens (tertiary/aromatic N) is 1. The number of hydrogen-bond acceptors (Lipinski definition) is 5. The van der Waals surface area contributed by atoms with E-state index < -0.39 is 0 Å². The lowest BCUT2D eigenvalue weighted by atomic mass is 10.2. The average molecular weight is 593 g/mol. The molecule has 1 aliphatic rings. The van der Waals surface area contributed by atoms with Gasteiger partial charge in [0, 0.05) is 15.6 Å². The van der Waals surface area contributed by atoms with E-state index in [1.807, 2.05) is 49.4 Å². The molecule has 0 aromatic heterocycles. The van der Waals surface area contributed by atoms with Crippen molar-refractivity contribution < 1.29 is 19.1 Å². The molecule has 4 rings (SSSR count). The van der Waals surface area contributed by atoms with Gasteiger partial charge in [-0.3, -0.25) is 14.5 Å². The molecule has 1 fully saturated rings. The summed E-state index contributed by atoms with van der Waals surface area (Å²) in [6.07, 6.45) is 1.69. The van der Waals surface area contributed by atoms with Crippen LogP contribution in [0.4, 0.5) is 4.79 Å². The van der Waals surface area contributed by atoms with Crippen LogP contribution < -0.4 is 9.47 Å². The summed E-state index contributed by atoms with van der Waals surface area (Å²) in [5.74, 6) is 0.986. The van der Waals surface area contributed by atoms with Gasteiger partial charge in [-0.1, -0.05) is 53.0 Å². The quantitative estimate of drug-likeness (QED) is 0.250. The minimum absolute atomic E-state index is 0.180. The highest BCUT2D eigenvalue weighted by Crippen LogP contribution is 2.34.